The maximum absolute atomic E-state index is 12.8. The molecule has 0 unspecified atom stereocenters. The predicted octanol–water partition coefficient (Wildman–Crippen LogP) is 5.10. The summed E-state index contributed by atoms with van der Waals surface area (Å²) in [5.41, 5.74) is 3.06. The van der Waals surface area contributed by atoms with Gasteiger partial charge in [0, 0.05) is 5.56 Å². The normalized spacial score (nSPS) is 14.6. The molecule has 1 amide bonds. The number of ether oxygens (including phenoxy) is 1. The Balaban J connectivity index is 1.52. The smallest absolute Gasteiger partial charge is 0.338 e. The molecule has 6 nitrogen and oxygen atoms in total. The number of esters is 1. The number of hydrazone groups is 1. The first kappa shape index (κ1) is 20.1. The van der Waals surface area contributed by atoms with Gasteiger partial charge in [-0.05, 0) is 49.4 Å². The molecule has 1 aromatic heterocycles. The lowest BCUT2D eigenvalue weighted by Gasteiger charge is -2.10. The molecule has 2 aromatic carbocycles. The van der Waals surface area contributed by atoms with Crippen LogP contribution in [0.5, 0.6) is 0 Å². The Bertz CT molecular complexity index is 1190. The molecule has 0 aliphatic carbocycles. The molecule has 0 atom stereocenters. The van der Waals surface area contributed by atoms with Gasteiger partial charge >= 0.3 is 5.97 Å². The van der Waals surface area contributed by atoms with Gasteiger partial charge in [0.05, 0.1) is 22.5 Å². The van der Waals surface area contributed by atoms with E-state index in [1.54, 1.807) is 43.3 Å². The summed E-state index contributed by atoms with van der Waals surface area (Å²) in [6, 6.07) is 19.8. The summed E-state index contributed by atoms with van der Waals surface area (Å²) in [6.45, 7) is 5.48. The average Bonchev–Trinajstić information content (AvgIpc) is 3.38. The highest BCUT2D eigenvalue weighted by Gasteiger charge is 2.28. The zero-order valence-corrected chi connectivity index (χ0v) is 16.9. The van der Waals surface area contributed by atoms with Crippen LogP contribution in [0.4, 0.5) is 5.69 Å². The molecule has 2 heterocycles. The molecule has 0 saturated heterocycles. The fraction of sp³-hybridized carbons (Fsp3) is 0.0800. The summed E-state index contributed by atoms with van der Waals surface area (Å²) in [7, 11) is 0. The number of benzene rings is 2. The number of nitrogens with zero attached hydrogens (tertiary/aromatic N) is 2. The molecule has 0 fully saturated rings. The van der Waals surface area contributed by atoms with Gasteiger partial charge in [0.2, 0.25) is 0 Å². The number of hydrogen-bond donors (Lipinski definition) is 0. The van der Waals surface area contributed by atoms with Crippen LogP contribution in [0.1, 0.15) is 23.0 Å². The van der Waals surface area contributed by atoms with E-state index in [1.807, 2.05) is 36.4 Å². The van der Waals surface area contributed by atoms with Crippen molar-refractivity contribution in [1.82, 2.24) is 0 Å². The van der Waals surface area contributed by atoms with E-state index in [9.17, 15) is 9.59 Å². The van der Waals surface area contributed by atoms with Crippen LogP contribution in [-0.4, -0.2) is 24.2 Å². The summed E-state index contributed by atoms with van der Waals surface area (Å²) in [4.78, 5) is 24.7. The highest BCUT2D eigenvalue weighted by molar-refractivity contribution is 6.32. The van der Waals surface area contributed by atoms with Gasteiger partial charge in [0.1, 0.15) is 18.1 Å². The Kier molecular flexibility index (Phi) is 5.62. The van der Waals surface area contributed by atoms with Gasteiger partial charge in [0.25, 0.3) is 5.91 Å². The molecule has 1 aliphatic rings. The number of hydrogen-bond acceptors (Lipinski definition) is 5. The minimum Gasteiger partial charge on any atom is -0.458 e. The number of amides is 1. The van der Waals surface area contributed by atoms with Crippen molar-refractivity contribution in [3.8, 4) is 11.3 Å². The van der Waals surface area contributed by atoms with Gasteiger partial charge in [-0.3, -0.25) is 4.79 Å². The number of para-hydroxylation sites is 1. The number of carbonyl (C=O) groups excluding carboxylic acids is 2. The maximum atomic E-state index is 12.8. The number of carbonyl (C=O) groups is 2. The number of rotatable bonds is 6. The Morgan fingerprint density at radius 1 is 1.10 bits per heavy atom. The Morgan fingerprint density at radius 3 is 2.55 bits per heavy atom. The molecule has 0 spiro atoms. The molecule has 6 heteroatoms. The topological polar surface area (TPSA) is 72.1 Å². The first-order chi connectivity index (χ1) is 15.1. The van der Waals surface area contributed by atoms with Crippen LogP contribution in [0, 0.1) is 0 Å². The molecule has 1 aliphatic heterocycles. The van der Waals surface area contributed by atoms with Gasteiger partial charge in [0.15, 0.2) is 0 Å². The maximum Gasteiger partial charge on any atom is 0.338 e. The lowest BCUT2D eigenvalue weighted by atomic mass is 10.1. The zero-order chi connectivity index (χ0) is 21.8. The SMILES string of the molecule is C=CCOC(=O)c1ccc(-c2ccc(/C=C3\C(=O)N(c4ccccc4)N=C3C)o2)cc1. The fourth-order valence-corrected chi connectivity index (χ4v) is 3.14. The van der Waals surface area contributed by atoms with Crippen LogP contribution < -0.4 is 5.01 Å². The number of anilines is 1. The van der Waals surface area contributed by atoms with Crippen LogP contribution in [-0.2, 0) is 9.53 Å². The second-order valence-electron chi connectivity index (χ2n) is 6.86. The van der Waals surface area contributed by atoms with Gasteiger partial charge in [-0.2, -0.15) is 10.1 Å². The van der Waals surface area contributed by atoms with E-state index >= 15 is 0 Å². The summed E-state index contributed by atoms with van der Waals surface area (Å²) < 4.78 is 10.9. The van der Waals surface area contributed by atoms with Crippen molar-refractivity contribution in [2.75, 3.05) is 11.6 Å². The molecule has 4 rings (SSSR count). The van der Waals surface area contributed by atoms with Crippen LogP contribution in [0.2, 0.25) is 0 Å². The molecular formula is C25H20N2O4. The molecule has 3 aromatic rings. The van der Waals surface area contributed by atoms with Crippen LogP contribution in [0.15, 0.2) is 94.5 Å². The molecule has 154 valence electrons. The van der Waals surface area contributed by atoms with Gasteiger partial charge < -0.3 is 9.15 Å². The van der Waals surface area contributed by atoms with E-state index in [1.165, 1.54) is 11.1 Å². The van der Waals surface area contributed by atoms with Gasteiger partial charge in [-0.15, -0.1) is 0 Å². The molecule has 0 bridgehead atoms. The monoisotopic (exact) mass is 412 g/mol. The molecule has 0 saturated carbocycles. The second kappa shape index (κ2) is 8.67. The van der Waals surface area contributed by atoms with Crippen molar-refractivity contribution in [1.29, 1.82) is 0 Å². The Morgan fingerprint density at radius 2 is 1.84 bits per heavy atom. The van der Waals surface area contributed by atoms with E-state index in [-0.39, 0.29) is 12.5 Å². The molecule has 0 N–H and O–H groups in total. The van der Waals surface area contributed by atoms with E-state index < -0.39 is 5.97 Å². The minimum atomic E-state index is -0.409. The summed E-state index contributed by atoms with van der Waals surface area (Å²) in [5, 5.41) is 5.75. The average molecular weight is 412 g/mol. The quantitative estimate of drug-likeness (QED) is 0.321. The van der Waals surface area contributed by atoms with Crippen molar-refractivity contribution in [3.05, 3.63) is 96.3 Å². The van der Waals surface area contributed by atoms with Gasteiger partial charge in [-0.1, -0.05) is 43.0 Å². The van der Waals surface area contributed by atoms with E-state index in [0.29, 0.717) is 34.1 Å². The molecular weight excluding hydrogens is 392 g/mol. The van der Waals surface area contributed by atoms with Crippen molar-refractivity contribution < 1.29 is 18.7 Å². The van der Waals surface area contributed by atoms with E-state index in [2.05, 4.69) is 11.7 Å². The van der Waals surface area contributed by atoms with E-state index in [4.69, 9.17) is 9.15 Å². The van der Waals surface area contributed by atoms with Crippen LogP contribution in [0.3, 0.4) is 0 Å². The van der Waals surface area contributed by atoms with Crippen molar-refractivity contribution in [3.63, 3.8) is 0 Å². The predicted molar refractivity (Wildman–Crippen MR) is 120 cm³/mol. The first-order valence-corrected chi connectivity index (χ1v) is 9.72. The molecule has 31 heavy (non-hydrogen) atoms. The molecule has 0 radical (unpaired) electrons. The van der Waals surface area contributed by atoms with Crippen LogP contribution in [0.25, 0.3) is 17.4 Å². The highest BCUT2D eigenvalue weighted by atomic mass is 16.5. The van der Waals surface area contributed by atoms with Crippen molar-refractivity contribution in [2.45, 2.75) is 6.92 Å². The van der Waals surface area contributed by atoms with Gasteiger partial charge in [-0.25, -0.2) is 4.79 Å². The third-order valence-electron chi connectivity index (χ3n) is 4.71. The summed E-state index contributed by atoms with van der Waals surface area (Å²) in [6.07, 6.45) is 3.21. The third-order valence-corrected chi connectivity index (χ3v) is 4.71. The Hall–Kier alpha value is -4.19. The fourth-order valence-electron chi connectivity index (χ4n) is 3.14. The summed E-state index contributed by atoms with van der Waals surface area (Å²) in [5.74, 6) is 0.549. The zero-order valence-electron chi connectivity index (χ0n) is 16.9. The third kappa shape index (κ3) is 4.23. The standard InChI is InChI=1S/C25H20N2O4/c1-3-15-30-25(29)19-11-9-18(10-12-19)23-14-13-21(31-23)16-22-17(2)26-27(24(22)28)20-7-5-4-6-8-20/h3-14,16H,1,15H2,2H3/b22-16-. The largest absolute Gasteiger partial charge is 0.458 e. The van der Waals surface area contributed by atoms with Crippen molar-refractivity contribution >= 4 is 29.4 Å². The lowest BCUT2D eigenvalue weighted by molar-refractivity contribution is -0.114. The van der Waals surface area contributed by atoms with E-state index in [0.717, 1.165) is 5.56 Å². The highest BCUT2D eigenvalue weighted by Crippen LogP contribution is 2.27. The first-order valence-electron chi connectivity index (χ1n) is 9.72. The number of furan rings is 1. The summed E-state index contributed by atoms with van der Waals surface area (Å²) >= 11 is 0. The van der Waals surface area contributed by atoms with Crippen molar-refractivity contribution in [2.24, 2.45) is 5.10 Å². The second-order valence-corrected chi connectivity index (χ2v) is 6.86. The minimum absolute atomic E-state index is 0.167. The van der Waals surface area contributed by atoms with Crippen LogP contribution >= 0.6 is 0 Å². The Labute approximate surface area is 179 Å². The lowest BCUT2D eigenvalue weighted by Crippen LogP contribution is -2.21.